The van der Waals surface area contributed by atoms with Crippen molar-refractivity contribution in [1.29, 1.82) is 0 Å². The molecule has 6 rings (SSSR count). The second-order valence-corrected chi connectivity index (χ2v) is 22.6. The molecule has 26 nitrogen and oxygen atoms in total. The van der Waals surface area contributed by atoms with E-state index < -0.39 is 113 Å². The van der Waals surface area contributed by atoms with Crippen molar-refractivity contribution in [2.75, 3.05) is 18.1 Å². The maximum Gasteiger partial charge on any atom is 0.269 e. The first-order valence-electron chi connectivity index (χ1n) is 26.7. The first-order valence-corrected chi connectivity index (χ1v) is 29.2. The number of unbranched alkanes of at least 4 members (excludes halogenated alkanes) is 1. The number of primary amides is 1. The number of nitrogens with zero attached hydrogens (tertiary/aromatic N) is 1. The van der Waals surface area contributed by atoms with Crippen LogP contribution in [0.15, 0.2) is 103 Å². The zero-order valence-corrected chi connectivity index (χ0v) is 47.5. The molecule has 448 valence electrons. The summed E-state index contributed by atoms with van der Waals surface area (Å²) in [6.45, 7) is 2.56. The van der Waals surface area contributed by atoms with Crippen LogP contribution in [0, 0.1) is 10.1 Å². The summed E-state index contributed by atoms with van der Waals surface area (Å²) in [6.07, 6.45) is -0.147. The van der Waals surface area contributed by atoms with Crippen LogP contribution >= 0.6 is 21.6 Å². The zero-order chi connectivity index (χ0) is 61.0. The number of carbonyl (C=O) groups is 9. The number of nitro benzene ring substituents is 1. The summed E-state index contributed by atoms with van der Waals surface area (Å²) in [5, 5.41) is 64.1. The van der Waals surface area contributed by atoms with Crippen molar-refractivity contribution in [2.45, 2.75) is 113 Å². The molecule has 1 aromatic heterocycles. The van der Waals surface area contributed by atoms with E-state index in [2.05, 4.69) is 47.5 Å². The van der Waals surface area contributed by atoms with Gasteiger partial charge in [-0.2, -0.15) is 0 Å². The number of aliphatic hydroxyl groups is 1. The average Bonchev–Trinajstić information content (AvgIpc) is 3.90. The molecule has 28 heteroatoms. The molecule has 84 heavy (non-hydrogen) atoms. The molecule has 2 heterocycles. The second-order valence-electron chi connectivity index (χ2n) is 20.0. The number of benzene rings is 4. The number of aromatic hydroxyl groups is 2. The molecular weight excluding hydrogens is 1130 g/mol. The Hall–Kier alpha value is -8.73. The summed E-state index contributed by atoms with van der Waals surface area (Å²) >= 11 is 0. The Balaban J connectivity index is 1.42. The number of nitrogens with one attached hydrogen (secondary N) is 9. The first kappa shape index (κ1) is 64.4. The van der Waals surface area contributed by atoms with E-state index in [0.717, 1.165) is 28.5 Å². The van der Waals surface area contributed by atoms with Gasteiger partial charge >= 0.3 is 0 Å². The number of para-hydroxylation sites is 1. The minimum absolute atomic E-state index is 0.0472. The van der Waals surface area contributed by atoms with Gasteiger partial charge in [-0.3, -0.25) is 53.3 Å². The molecule has 0 saturated carbocycles. The Kier molecular flexibility index (Phi) is 23.8. The van der Waals surface area contributed by atoms with Crippen LogP contribution in [-0.4, -0.2) is 151 Å². The van der Waals surface area contributed by atoms with E-state index >= 15 is 0 Å². The van der Waals surface area contributed by atoms with Gasteiger partial charge < -0.3 is 74.3 Å². The highest BCUT2D eigenvalue weighted by Gasteiger charge is 2.37. The van der Waals surface area contributed by atoms with E-state index in [4.69, 9.17) is 11.5 Å². The minimum atomic E-state index is -1.78. The number of H-pyrrole nitrogens is 1. The van der Waals surface area contributed by atoms with Gasteiger partial charge in [0.1, 0.15) is 59.8 Å². The molecule has 1 aliphatic heterocycles. The molecule has 9 atom stereocenters. The van der Waals surface area contributed by atoms with E-state index in [9.17, 15) is 68.6 Å². The van der Waals surface area contributed by atoms with Crippen molar-refractivity contribution in [3.63, 3.8) is 0 Å². The molecule has 0 aliphatic carbocycles. The maximum atomic E-state index is 14.9. The van der Waals surface area contributed by atoms with Crippen LogP contribution in [0.1, 0.15) is 55.4 Å². The number of aliphatic hydroxyl groups excluding tert-OH is 1. The van der Waals surface area contributed by atoms with E-state index in [0.29, 0.717) is 39.6 Å². The van der Waals surface area contributed by atoms with Crippen LogP contribution < -0.4 is 54.0 Å². The van der Waals surface area contributed by atoms with Gasteiger partial charge in [0.2, 0.25) is 53.2 Å². The number of fused-ring (bicyclic) bond motifs is 1. The highest BCUT2D eigenvalue weighted by atomic mass is 33.1. The molecule has 16 N–H and O–H groups in total. The maximum absolute atomic E-state index is 14.9. The van der Waals surface area contributed by atoms with Crippen molar-refractivity contribution in [2.24, 2.45) is 11.5 Å². The number of carbonyl (C=O) groups excluding carboxylic acids is 9. The van der Waals surface area contributed by atoms with Gasteiger partial charge in [-0.15, -0.1) is 0 Å². The number of non-ortho nitro benzene ring substituents is 1. The van der Waals surface area contributed by atoms with Crippen LogP contribution in [-0.2, 0) is 68.8 Å². The number of nitrogens with two attached hydrogens (primary N) is 2. The molecular formula is C56H68N12O14S2. The lowest BCUT2D eigenvalue weighted by Crippen LogP contribution is -2.62. The largest absolute Gasteiger partial charge is 0.508 e. The molecule has 3 unspecified atom stereocenters. The van der Waals surface area contributed by atoms with Crippen LogP contribution in [0.3, 0.4) is 0 Å². The number of phenolic OH excluding ortho intramolecular Hbond substituents is 2. The number of aromatic amines is 1. The third-order valence-corrected chi connectivity index (χ3v) is 15.9. The van der Waals surface area contributed by atoms with Gasteiger partial charge in [0.25, 0.3) is 5.69 Å². The van der Waals surface area contributed by atoms with Crippen molar-refractivity contribution >= 4 is 91.3 Å². The van der Waals surface area contributed by atoms with Gasteiger partial charge in [0.05, 0.1) is 11.0 Å². The molecule has 1 saturated heterocycles. The summed E-state index contributed by atoms with van der Waals surface area (Å²) in [5.74, 6) is -9.11. The SMILES string of the molecule is CC(=O)N[C@@H](Cc1ccc([N+](=O)[O-])cc1)C(=O)NC1CSSCC(C(=O)N[C@@H](Cc2ccc(O)cc2)C(N)=O)NC(=O)[C@H]([C@@H](C)O)NC(=O)[C@H](CCCCN)NC(=O)C(Cc2c[nH]c3ccccc23)NC(=O)[C@H](Cc2ccc(O)cc2)NC1=O. The summed E-state index contributed by atoms with van der Waals surface area (Å²) < 4.78 is 0. The van der Waals surface area contributed by atoms with Crippen LogP contribution in [0.4, 0.5) is 5.69 Å². The van der Waals surface area contributed by atoms with Crippen molar-refractivity contribution in [1.82, 2.24) is 47.5 Å². The van der Waals surface area contributed by atoms with Gasteiger partial charge in [0.15, 0.2) is 0 Å². The van der Waals surface area contributed by atoms with E-state index in [-0.39, 0.29) is 73.8 Å². The highest BCUT2D eigenvalue weighted by Crippen LogP contribution is 2.25. The molecule has 9 amide bonds. The van der Waals surface area contributed by atoms with E-state index in [1.807, 2.05) is 0 Å². The lowest BCUT2D eigenvalue weighted by atomic mass is 10.0. The molecule has 1 aliphatic rings. The smallest absolute Gasteiger partial charge is 0.269 e. The Labute approximate surface area is 490 Å². The average molecular weight is 1200 g/mol. The molecule has 0 spiro atoms. The molecule has 1 fully saturated rings. The van der Waals surface area contributed by atoms with Crippen LogP contribution in [0.2, 0.25) is 0 Å². The quantitative estimate of drug-likeness (QED) is 0.0212. The topological polar surface area (TPSA) is 422 Å². The third kappa shape index (κ3) is 19.2. The zero-order valence-electron chi connectivity index (χ0n) is 45.8. The third-order valence-electron chi connectivity index (χ3n) is 13.5. The number of nitro groups is 1. The van der Waals surface area contributed by atoms with E-state index in [1.165, 1.54) is 79.7 Å². The summed E-state index contributed by atoms with van der Waals surface area (Å²) in [4.78, 5) is 141. The van der Waals surface area contributed by atoms with Gasteiger partial charge in [-0.25, -0.2) is 0 Å². The predicted octanol–water partition coefficient (Wildman–Crippen LogP) is 0.0463. The second kappa shape index (κ2) is 31.1. The number of hydrogen-bond acceptors (Lipinski definition) is 17. The van der Waals surface area contributed by atoms with Crippen molar-refractivity contribution in [3.05, 3.63) is 136 Å². The molecule has 0 bridgehead atoms. The van der Waals surface area contributed by atoms with Gasteiger partial charge in [-0.1, -0.05) is 76.2 Å². The van der Waals surface area contributed by atoms with Crippen LogP contribution in [0.5, 0.6) is 11.5 Å². The summed E-state index contributed by atoms with van der Waals surface area (Å²) in [7, 11) is 1.80. The minimum Gasteiger partial charge on any atom is -0.508 e. The highest BCUT2D eigenvalue weighted by molar-refractivity contribution is 8.76. The van der Waals surface area contributed by atoms with Gasteiger partial charge in [-0.05, 0) is 85.3 Å². The standard InChI is InChI=1S/C56H68N12O14S2/c1-30(69)48-56(80)66-47(54(78)62-42(49(58)73)23-33-12-18-37(71)19-13-33)29-84-83-28-46(65-51(75)43(60-31(2)70)24-32-10-16-36(17-11-32)68(81)82)55(79)63-44(25-34-14-20-38(72)21-15-34)52(76)64-45(26-35-27-59-40-8-4-3-7-39(35)40)53(77)61-41(50(74)67-48)9-5-6-22-57/h3-4,7-8,10-21,27,30,41-48,59,69,71-72H,5-6,9,22-26,28-29,57H2,1-2H3,(H2,58,73)(H,60,70)(H,61,77)(H,62,78)(H,63,79)(H,64,76)(H,65,75)(H,66,80)(H,67,74)/t30-,41+,42+,43+,44+,45?,46?,47?,48+/m1/s1. The normalized spacial score (nSPS) is 20.5. The lowest BCUT2D eigenvalue weighted by molar-refractivity contribution is -0.384. The fourth-order valence-corrected chi connectivity index (χ4v) is 11.3. The number of rotatable bonds is 20. The Bertz CT molecular complexity index is 3150. The number of amides is 9. The molecule has 5 aromatic rings. The first-order chi connectivity index (χ1) is 40.1. The Morgan fingerprint density at radius 1 is 0.690 bits per heavy atom. The Morgan fingerprint density at radius 2 is 1.25 bits per heavy atom. The Morgan fingerprint density at radius 3 is 1.86 bits per heavy atom. The number of phenols is 2. The predicted molar refractivity (Wildman–Crippen MR) is 312 cm³/mol. The van der Waals surface area contributed by atoms with E-state index in [1.54, 1.807) is 30.5 Å². The summed E-state index contributed by atoms with van der Waals surface area (Å²) in [6, 6.07) is 11.7. The number of aromatic nitrogens is 1. The van der Waals surface area contributed by atoms with Gasteiger partial charge in [0, 0.05) is 73.3 Å². The van der Waals surface area contributed by atoms with Crippen molar-refractivity contribution < 1.29 is 63.4 Å². The fraction of sp³-hybridized carbons (Fsp3) is 0.375. The lowest BCUT2D eigenvalue weighted by Gasteiger charge is -2.29. The number of hydrogen-bond donors (Lipinski definition) is 14. The van der Waals surface area contributed by atoms with Crippen molar-refractivity contribution in [3.8, 4) is 11.5 Å². The molecule has 4 aromatic carbocycles. The monoisotopic (exact) mass is 1200 g/mol. The molecule has 0 radical (unpaired) electrons. The fourth-order valence-electron chi connectivity index (χ4n) is 8.98. The summed E-state index contributed by atoms with van der Waals surface area (Å²) in [5.41, 5.74) is 13.9. The van der Waals surface area contributed by atoms with Crippen LogP contribution in [0.25, 0.3) is 10.9 Å².